The Bertz CT molecular complexity index is 850. The molecule has 7 heteroatoms. The number of rotatable bonds is 6. The summed E-state index contributed by atoms with van der Waals surface area (Å²) in [5, 5.41) is 8.07. The summed E-state index contributed by atoms with van der Waals surface area (Å²) in [6.45, 7) is 4.52. The van der Waals surface area contributed by atoms with Crippen LogP contribution in [-0.4, -0.2) is 35.4 Å². The number of carbonyl (C=O) groups is 1. The van der Waals surface area contributed by atoms with Gasteiger partial charge in [0.15, 0.2) is 0 Å². The molecule has 136 valence electrons. The summed E-state index contributed by atoms with van der Waals surface area (Å²) in [6.07, 6.45) is 4.09. The van der Waals surface area contributed by atoms with Crippen LogP contribution in [0.5, 0.6) is 0 Å². The van der Waals surface area contributed by atoms with Crippen LogP contribution >= 0.6 is 22.7 Å². The Hall–Kier alpha value is -1.96. The van der Waals surface area contributed by atoms with Crippen molar-refractivity contribution in [3.8, 4) is 10.6 Å². The zero-order chi connectivity index (χ0) is 17.9. The zero-order valence-electron chi connectivity index (χ0n) is 14.6. The summed E-state index contributed by atoms with van der Waals surface area (Å²) < 4.78 is 5.62. The molecule has 1 aliphatic heterocycles. The quantitative estimate of drug-likeness (QED) is 0.683. The van der Waals surface area contributed by atoms with Gasteiger partial charge in [0, 0.05) is 17.5 Å². The summed E-state index contributed by atoms with van der Waals surface area (Å²) in [5.74, 6) is 0.851. The van der Waals surface area contributed by atoms with E-state index >= 15 is 0 Å². The van der Waals surface area contributed by atoms with Crippen molar-refractivity contribution in [1.29, 1.82) is 0 Å². The number of thiazole rings is 1. The van der Waals surface area contributed by atoms with Crippen LogP contribution < -0.4 is 5.32 Å². The molecule has 1 aliphatic rings. The maximum Gasteiger partial charge on any atom is 0.263 e. The van der Waals surface area contributed by atoms with Gasteiger partial charge in [-0.2, -0.15) is 11.3 Å². The summed E-state index contributed by atoms with van der Waals surface area (Å²) in [7, 11) is 0. The first-order valence-corrected chi connectivity index (χ1v) is 10.5. The minimum atomic E-state index is -0.0581. The average Bonchev–Trinajstić information content (AvgIpc) is 3.42. The second kappa shape index (κ2) is 7.73. The number of carbonyl (C=O) groups excluding carboxylic acids is 1. The number of hydrogen-bond acceptors (Lipinski definition) is 6. The predicted molar refractivity (Wildman–Crippen MR) is 105 cm³/mol. The third-order valence-corrected chi connectivity index (χ3v) is 6.57. The molecule has 1 N–H and O–H groups in total. The molecular weight excluding hydrogens is 366 g/mol. The maximum atomic E-state index is 12.8. The number of thiophene rings is 1. The number of furan rings is 1. The average molecular weight is 388 g/mol. The van der Waals surface area contributed by atoms with E-state index in [9.17, 15) is 4.79 Å². The number of amides is 1. The summed E-state index contributed by atoms with van der Waals surface area (Å²) in [5.41, 5.74) is 1.86. The molecule has 4 heterocycles. The lowest BCUT2D eigenvalue weighted by molar-refractivity contribution is 0.0937. The van der Waals surface area contributed by atoms with Crippen LogP contribution in [-0.2, 0) is 0 Å². The molecule has 4 rings (SSSR count). The van der Waals surface area contributed by atoms with Gasteiger partial charge in [-0.15, -0.1) is 11.3 Å². The highest BCUT2D eigenvalue weighted by molar-refractivity contribution is 7.17. The van der Waals surface area contributed by atoms with Gasteiger partial charge in [-0.25, -0.2) is 4.98 Å². The monoisotopic (exact) mass is 387 g/mol. The summed E-state index contributed by atoms with van der Waals surface area (Å²) >= 11 is 3.09. The Kier molecular flexibility index (Phi) is 5.19. The van der Waals surface area contributed by atoms with Gasteiger partial charge < -0.3 is 9.73 Å². The smallest absolute Gasteiger partial charge is 0.263 e. The van der Waals surface area contributed by atoms with Crippen LogP contribution in [0.4, 0.5) is 0 Å². The van der Waals surface area contributed by atoms with Crippen molar-refractivity contribution in [2.45, 2.75) is 25.8 Å². The van der Waals surface area contributed by atoms with Crippen molar-refractivity contribution in [3.05, 3.63) is 51.6 Å². The molecular formula is C19H21N3O2S2. The largest absolute Gasteiger partial charge is 0.468 e. The van der Waals surface area contributed by atoms with Gasteiger partial charge in [0.1, 0.15) is 15.6 Å². The molecule has 0 aromatic carbocycles. The Balaban J connectivity index is 1.47. The fourth-order valence-electron chi connectivity index (χ4n) is 3.33. The minimum absolute atomic E-state index is 0.0581. The fraction of sp³-hybridized carbons (Fsp3) is 0.368. The Morgan fingerprint density at radius 3 is 2.92 bits per heavy atom. The van der Waals surface area contributed by atoms with Crippen LogP contribution in [0.1, 0.15) is 40.0 Å². The second-order valence-electron chi connectivity index (χ2n) is 6.43. The van der Waals surface area contributed by atoms with Crippen LogP contribution in [0.15, 0.2) is 39.6 Å². The lowest BCUT2D eigenvalue weighted by Crippen LogP contribution is -2.36. The molecule has 1 atom stereocenters. The molecule has 0 aliphatic carbocycles. The van der Waals surface area contributed by atoms with Crippen LogP contribution in [0.2, 0.25) is 0 Å². The van der Waals surface area contributed by atoms with Gasteiger partial charge in [-0.1, -0.05) is 0 Å². The lowest BCUT2D eigenvalue weighted by atomic mass is 10.2. The van der Waals surface area contributed by atoms with E-state index in [4.69, 9.17) is 4.42 Å². The number of nitrogens with zero attached hydrogens (tertiary/aromatic N) is 2. The normalized spacial score (nSPS) is 16.0. The van der Waals surface area contributed by atoms with E-state index in [1.165, 1.54) is 24.2 Å². The van der Waals surface area contributed by atoms with E-state index in [0.29, 0.717) is 11.4 Å². The molecule has 3 aromatic rings. The topological polar surface area (TPSA) is 58.4 Å². The van der Waals surface area contributed by atoms with Crippen LogP contribution in [0, 0.1) is 6.92 Å². The first kappa shape index (κ1) is 17.5. The van der Waals surface area contributed by atoms with Crippen molar-refractivity contribution < 1.29 is 9.21 Å². The first-order chi connectivity index (χ1) is 12.7. The highest BCUT2D eigenvalue weighted by Crippen LogP contribution is 2.30. The Morgan fingerprint density at radius 2 is 2.23 bits per heavy atom. The Morgan fingerprint density at radius 1 is 1.38 bits per heavy atom. The third-order valence-electron chi connectivity index (χ3n) is 4.68. The number of likely N-dealkylation sites (tertiary alicyclic amines) is 1. The Labute approximate surface area is 160 Å². The van der Waals surface area contributed by atoms with E-state index in [-0.39, 0.29) is 11.9 Å². The molecule has 3 aromatic heterocycles. The van der Waals surface area contributed by atoms with Gasteiger partial charge in [0.2, 0.25) is 0 Å². The molecule has 1 fully saturated rings. The van der Waals surface area contributed by atoms with Crippen LogP contribution in [0.25, 0.3) is 10.6 Å². The second-order valence-corrected chi connectivity index (χ2v) is 8.21. The van der Waals surface area contributed by atoms with Crippen molar-refractivity contribution in [1.82, 2.24) is 15.2 Å². The molecule has 5 nitrogen and oxygen atoms in total. The molecule has 26 heavy (non-hydrogen) atoms. The molecule has 0 unspecified atom stereocenters. The van der Waals surface area contributed by atoms with Crippen molar-refractivity contribution >= 4 is 28.6 Å². The standard InChI is InChI=1S/C19H21N3O2S2/c1-13-17(26-19(21-13)14-6-10-25-12-14)18(23)20-11-15(16-5-4-9-24-16)22-7-2-3-8-22/h4-6,9-10,12,15H,2-3,7-8,11H2,1H3,(H,20,23)/t15-/m0/s1. The predicted octanol–water partition coefficient (Wildman–Crippen LogP) is 4.34. The van der Waals surface area contributed by atoms with Gasteiger partial charge in [0.25, 0.3) is 5.91 Å². The molecule has 1 saturated heterocycles. The van der Waals surface area contributed by atoms with Gasteiger partial charge in [-0.3, -0.25) is 9.69 Å². The molecule has 0 radical (unpaired) electrons. The van der Waals surface area contributed by atoms with Gasteiger partial charge in [0.05, 0.1) is 18.0 Å². The van der Waals surface area contributed by atoms with E-state index in [0.717, 1.165) is 35.1 Å². The highest BCUT2D eigenvalue weighted by Gasteiger charge is 2.26. The first-order valence-electron chi connectivity index (χ1n) is 8.78. The van der Waals surface area contributed by atoms with Crippen molar-refractivity contribution in [3.63, 3.8) is 0 Å². The SMILES string of the molecule is Cc1nc(-c2ccsc2)sc1C(=O)NC[C@@H](c1ccco1)N1CCCC1. The molecule has 0 saturated carbocycles. The van der Waals surface area contributed by atoms with Crippen LogP contribution in [0.3, 0.4) is 0 Å². The van der Waals surface area contributed by atoms with E-state index in [1.54, 1.807) is 17.6 Å². The number of aryl methyl sites for hydroxylation is 1. The number of hydrogen-bond donors (Lipinski definition) is 1. The summed E-state index contributed by atoms with van der Waals surface area (Å²) in [6, 6.07) is 6.01. The minimum Gasteiger partial charge on any atom is -0.468 e. The highest BCUT2D eigenvalue weighted by atomic mass is 32.1. The molecule has 0 bridgehead atoms. The zero-order valence-corrected chi connectivity index (χ0v) is 16.2. The number of aromatic nitrogens is 1. The van der Waals surface area contributed by atoms with Crippen molar-refractivity contribution in [2.24, 2.45) is 0 Å². The van der Waals surface area contributed by atoms with Crippen molar-refractivity contribution in [2.75, 3.05) is 19.6 Å². The molecule has 0 spiro atoms. The molecule has 1 amide bonds. The third kappa shape index (κ3) is 3.60. The summed E-state index contributed by atoms with van der Waals surface area (Å²) in [4.78, 5) is 20.4. The van der Waals surface area contributed by atoms with Gasteiger partial charge >= 0.3 is 0 Å². The van der Waals surface area contributed by atoms with E-state index in [2.05, 4.69) is 20.6 Å². The number of nitrogens with one attached hydrogen (secondary N) is 1. The van der Waals surface area contributed by atoms with Gasteiger partial charge in [-0.05, 0) is 56.4 Å². The van der Waals surface area contributed by atoms with E-state index < -0.39 is 0 Å². The maximum absolute atomic E-state index is 12.8. The fourth-order valence-corrected chi connectivity index (χ4v) is 5.02. The van der Waals surface area contributed by atoms with E-state index in [1.807, 2.05) is 30.5 Å². The lowest BCUT2D eigenvalue weighted by Gasteiger charge is -2.25.